The molecule has 0 aromatic heterocycles. The molecule has 0 aromatic carbocycles. The summed E-state index contributed by atoms with van der Waals surface area (Å²) < 4.78 is 32.7. The lowest BCUT2D eigenvalue weighted by Gasteiger charge is -2.20. The number of carboxylic acid groups (broad SMARTS) is 1. The predicted octanol–water partition coefficient (Wildman–Crippen LogP) is 12.7. The van der Waals surface area contributed by atoms with Gasteiger partial charge in [-0.05, 0) is 51.4 Å². The molecule has 366 valence electrons. The quantitative estimate of drug-likeness (QED) is 0.0196. The van der Waals surface area contributed by atoms with Gasteiger partial charge in [-0.2, -0.15) is 0 Å². The molecule has 63 heavy (non-hydrogen) atoms. The molecule has 5 N–H and O–H groups in total. The van der Waals surface area contributed by atoms with Crippen molar-refractivity contribution in [1.29, 1.82) is 0 Å². The molecule has 0 spiro atoms. The highest BCUT2D eigenvalue weighted by Gasteiger charge is 2.28. The average molecular weight is 912 g/mol. The van der Waals surface area contributed by atoms with Gasteiger partial charge in [0.2, 0.25) is 0 Å². The molecular formula is C50H90NO11P. The number of ether oxygens (including phenoxy) is 2. The third kappa shape index (κ3) is 44.4. The van der Waals surface area contributed by atoms with Gasteiger partial charge >= 0.3 is 25.7 Å². The predicted molar refractivity (Wildman–Crippen MR) is 255 cm³/mol. The average Bonchev–Trinajstić information content (AvgIpc) is 3.25. The van der Waals surface area contributed by atoms with Crippen LogP contribution in [0.3, 0.4) is 0 Å². The molecule has 0 bridgehead atoms. The maximum atomic E-state index is 12.7. The zero-order valence-corrected chi connectivity index (χ0v) is 40.4. The van der Waals surface area contributed by atoms with Gasteiger partial charge in [-0.15, -0.1) is 0 Å². The first-order chi connectivity index (χ1) is 30.5. The fourth-order valence-electron chi connectivity index (χ4n) is 6.78. The molecule has 0 saturated heterocycles. The van der Waals surface area contributed by atoms with Crippen LogP contribution in [0.1, 0.15) is 213 Å². The van der Waals surface area contributed by atoms with Crippen molar-refractivity contribution in [2.24, 2.45) is 5.73 Å². The number of phosphoric ester groups is 1. The van der Waals surface area contributed by atoms with Gasteiger partial charge in [-0.1, -0.05) is 197 Å². The van der Waals surface area contributed by atoms with Gasteiger partial charge in [-0.25, -0.2) is 4.57 Å². The number of allylic oxidation sites excluding steroid dienone is 7. The van der Waals surface area contributed by atoms with E-state index >= 15 is 0 Å². The third-order valence-electron chi connectivity index (χ3n) is 10.6. The van der Waals surface area contributed by atoms with Crippen LogP contribution < -0.4 is 5.73 Å². The van der Waals surface area contributed by atoms with E-state index in [9.17, 15) is 28.9 Å². The molecule has 0 rings (SSSR count). The van der Waals surface area contributed by atoms with Crippen LogP contribution in [0.2, 0.25) is 0 Å². The van der Waals surface area contributed by atoms with Crippen molar-refractivity contribution in [2.45, 2.75) is 231 Å². The van der Waals surface area contributed by atoms with Gasteiger partial charge in [-0.3, -0.25) is 23.4 Å². The second kappa shape index (κ2) is 44.6. The number of hydrogen-bond donors (Lipinski definition) is 4. The summed E-state index contributed by atoms with van der Waals surface area (Å²) in [6.07, 6.45) is 48.2. The summed E-state index contributed by atoms with van der Waals surface area (Å²) in [5.74, 6) is -2.47. The summed E-state index contributed by atoms with van der Waals surface area (Å²) in [7, 11) is -4.74. The lowest BCUT2D eigenvalue weighted by atomic mass is 10.0. The second-order valence-electron chi connectivity index (χ2n) is 16.8. The van der Waals surface area contributed by atoms with Crippen LogP contribution in [-0.4, -0.2) is 71.1 Å². The SMILES string of the molecule is CCCCCCCCCCCCCCCCCCCCCCCC(=O)O[C@H](COC(=O)CCC/C=C\C/C=C\C/C=C\C/C=C\CC(O)CCC)COP(=O)(O)OC[C@H](N)C(=O)O. The lowest BCUT2D eigenvalue weighted by molar-refractivity contribution is -0.161. The minimum absolute atomic E-state index is 0.132. The fourth-order valence-corrected chi connectivity index (χ4v) is 7.56. The van der Waals surface area contributed by atoms with Crippen LogP contribution >= 0.6 is 7.82 Å². The second-order valence-corrected chi connectivity index (χ2v) is 18.2. The van der Waals surface area contributed by atoms with E-state index < -0.39 is 51.1 Å². The van der Waals surface area contributed by atoms with E-state index in [1.807, 2.05) is 18.2 Å². The third-order valence-corrected chi connectivity index (χ3v) is 11.6. The molecule has 0 aliphatic rings. The van der Waals surface area contributed by atoms with Crippen molar-refractivity contribution in [3.63, 3.8) is 0 Å². The smallest absolute Gasteiger partial charge is 0.472 e. The molecule has 0 fully saturated rings. The Bertz CT molecular complexity index is 1270. The van der Waals surface area contributed by atoms with Crippen molar-refractivity contribution < 1.29 is 52.6 Å². The molecule has 0 saturated carbocycles. The first-order valence-electron chi connectivity index (χ1n) is 24.7. The summed E-state index contributed by atoms with van der Waals surface area (Å²) in [6.45, 7) is 2.57. The number of aliphatic hydroxyl groups is 1. The maximum Gasteiger partial charge on any atom is 0.472 e. The van der Waals surface area contributed by atoms with Crippen LogP contribution in [0.4, 0.5) is 0 Å². The van der Waals surface area contributed by atoms with Gasteiger partial charge in [0.05, 0.1) is 19.3 Å². The number of hydrogen-bond acceptors (Lipinski definition) is 10. The summed E-state index contributed by atoms with van der Waals surface area (Å²) in [4.78, 5) is 46.1. The van der Waals surface area contributed by atoms with E-state index in [2.05, 4.69) is 48.8 Å². The Balaban J connectivity index is 4.34. The number of unbranched alkanes of at least 4 members (excludes halogenated alkanes) is 21. The Labute approximate surface area is 382 Å². The number of esters is 2. The van der Waals surface area contributed by atoms with Crippen molar-refractivity contribution >= 4 is 25.7 Å². The van der Waals surface area contributed by atoms with E-state index in [-0.39, 0.29) is 25.6 Å². The van der Waals surface area contributed by atoms with Crippen LogP contribution in [0.5, 0.6) is 0 Å². The van der Waals surface area contributed by atoms with Gasteiger partial charge in [0.25, 0.3) is 0 Å². The van der Waals surface area contributed by atoms with E-state index in [0.717, 1.165) is 51.4 Å². The monoisotopic (exact) mass is 912 g/mol. The van der Waals surface area contributed by atoms with Crippen molar-refractivity contribution in [2.75, 3.05) is 19.8 Å². The Morgan fingerprint density at radius 3 is 1.46 bits per heavy atom. The largest absolute Gasteiger partial charge is 0.480 e. The molecule has 0 radical (unpaired) electrons. The summed E-state index contributed by atoms with van der Waals surface area (Å²) in [5.41, 5.74) is 5.34. The molecule has 0 aromatic rings. The highest BCUT2D eigenvalue weighted by atomic mass is 31.2. The number of carbonyl (C=O) groups is 3. The van der Waals surface area contributed by atoms with Gasteiger partial charge in [0.1, 0.15) is 12.6 Å². The zero-order valence-electron chi connectivity index (χ0n) is 39.5. The minimum atomic E-state index is -4.74. The fraction of sp³-hybridized carbons (Fsp3) is 0.780. The van der Waals surface area contributed by atoms with E-state index in [1.54, 1.807) is 0 Å². The number of nitrogens with two attached hydrogens (primary N) is 1. The zero-order chi connectivity index (χ0) is 46.5. The lowest BCUT2D eigenvalue weighted by Crippen LogP contribution is -2.34. The van der Waals surface area contributed by atoms with Crippen LogP contribution in [0, 0.1) is 0 Å². The van der Waals surface area contributed by atoms with Crippen molar-refractivity contribution in [1.82, 2.24) is 0 Å². The number of aliphatic carboxylic acids is 1. The standard InChI is InChI=1S/C50H90NO11P/c1-3-5-6-7-8-9-10-11-12-13-14-15-16-17-18-21-25-28-31-34-37-41-49(54)62-46(43-60-63(57,58)61-44-47(51)50(55)56)42-59-48(53)40-36-33-30-27-24-22-19-20-23-26-29-32-35-39-45(52)38-4-2/h19,22-23,26-27,30,32,35,45-47,52H,3-18,20-21,24-25,28-29,31,33-34,36-44,51H2,1-2H3,(H,55,56)(H,57,58)/b22-19-,26-23-,30-27-,35-32-/t45?,46-,47+/m1/s1. The van der Waals surface area contributed by atoms with E-state index in [0.29, 0.717) is 25.7 Å². The first kappa shape index (κ1) is 60.4. The highest BCUT2D eigenvalue weighted by Crippen LogP contribution is 2.43. The summed E-state index contributed by atoms with van der Waals surface area (Å²) in [5, 5.41) is 18.6. The summed E-state index contributed by atoms with van der Waals surface area (Å²) >= 11 is 0. The number of phosphoric acid groups is 1. The molecule has 12 nitrogen and oxygen atoms in total. The Hall–Kier alpha value is -2.60. The Morgan fingerprint density at radius 1 is 0.556 bits per heavy atom. The minimum Gasteiger partial charge on any atom is -0.480 e. The Kier molecular flexibility index (Phi) is 42.8. The number of carboxylic acids is 1. The van der Waals surface area contributed by atoms with E-state index in [1.165, 1.54) is 109 Å². The van der Waals surface area contributed by atoms with Crippen LogP contribution in [0.15, 0.2) is 48.6 Å². The van der Waals surface area contributed by atoms with Crippen molar-refractivity contribution in [3.8, 4) is 0 Å². The molecule has 4 atom stereocenters. The number of aliphatic hydroxyl groups excluding tert-OH is 1. The summed E-state index contributed by atoms with van der Waals surface area (Å²) in [6, 6.07) is -1.54. The molecule has 0 amide bonds. The highest BCUT2D eigenvalue weighted by molar-refractivity contribution is 7.47. The number of rotatable bonds is 46. The molecular weight excluding hydrogens is 822 g/mol. The topological polar surface area (TPSA) is 192 Å². The molecule has 2 unspecified atom stereocenters. The van der Waals surface area contributed by atoms with Crippen molar-refractivity contribution in [3.05, 3.63) is 48.6 Å². The Morgan fingerprint density at radius 2 is 0.984 bits per heavy atom. The van der Waals surface area contributed by atoms with Crippen LogP contribution in [-0.2, 0) is 37.5 Å². The van der Waals surface area contributed by atoms with E-state index in [4.69, 9.17) is 24.8 Å². The normalized spacial score (nSPS) is 14.5. The molecule has 0 aliphatic heterocycles. The first-order valence-corrected chi connectivity index (χ1v) is 26.2. The molecule has 0 heterocycles. The van der Waals surface area contributed by atoms with Gasteiger partial charge in [0, 0.05) is 12.8 Å². The number of carbonyl (C=O) groups excluding carboxylic acids is 2. The van der Waals surface area contributed by atoms with Gasteiger partial charge in [0.15, 0.2) is 6.10 Å². The van der Waals surface area contributed by atoms with Gasteiger partial charge < -0.3 is 30.3 Å². The molecule has 0 aliphatic carbocycles. The molecule has 13 heteroatoms. The maximum absolute atomic E-state index is 12.7. The van der Waals surface area contributed by atoms with Crippen LogP contribution in [0.25, 0.3) is 0 Å².